The Morgan fingerprint density at radius 3 is 1.04 bits per heavy atom. The van der Waals surface area contributed by atoms with E-state index in [4.69, 9.17) is 35.4 Å². The number of allylic oxidation sites excluding steroid dienone is 10. The molecule has 5 atom stereocenters. The van der Waals surface area contributed by atoms with Gasteiger partial charge in [0.2, 0.25) is 5.91 Å². The minimum absolute atomic E-state index is 0.0193. The summed E-state index contributed by atoms with van der Waals surface area (Å²) >= 11 is 6.13. The van der Waals surface area contributed by atoms with Gasteiger partial charge in [-0.1, -0.05) is 200 Å². The van der Waals surface area contributed by atoms with E-state index in [-0.39, 0.29) is 52.0 Å². The summed E-state index contributed by atoms with van der Waals surface area (Å²) in [6.45, 7) is 0. The van der Waals surface area contributed by atoms with E-state index in [1.165, 1.54) is 36.5 Å². The van der Waals surface area contributed by atoms with Crippen LogP contribution in [0.3, 0.4) is 0 Å². The Balaban J connectivity index is 0.000000202. The molecule has 0 aliphatic carbocycles. The first-order chi connectivity index (χ1) is 64.3. The lowest BCUT2D eigenvalue weighted by Crippen LogP contribution is -2.28. The fourth-order valence-electron chi connectivity index (χ4n) is 13.6. The molecule has 0 bridgehead atoms. The number of carbonyl (C=O) groups is 8. The second-order valence-electron chi connectivity index (χ2n) is 30.1. The van der Waals surface area contributed by atoms with Crippen molar-refractivity contribution < 1.29 is 157 Å². The van der Waals surface area contributed by atoms with Crippen molar-refractivity contribution in [3.05, 3.63) is 338 Å². The summed E-state index contributed by atoms with van der Waals surface area (Å²) < 4.78 is 151. The minimum atomic E-state index is -5.29. The van der Waals surface area contributed by atoms with Gasteiger partial charge in [0.1, 0.15) is 110 Å². The first-order valence-corrected chi connectivity index (χ1v) is 42.0. The molecule has 1 unspecified atom stereocenters. The molecule has 25 nitrogen and oxygen atoms in total. The van der Waals surface area contributed by atoms with Gasteiger partial charge in [-0.05, 0) is 146 Å². The number of benzene rings is 8. The third-order valence-electron chi connectivity index (χ3n) is 20.2. The van der Waals surface area contributed by atoms with Crippen LogP contribution in [-0.4, -0.2) is 126 Å². The normalized spacial score (nSPS) is 20.5. The summed E-state index contributed by atoms with van der Waals surface area (Å²) in [5.41, 5.74) is 1.26. The molecule has 0 aromatic heterocycles. The fraction of sp³-hybridized carbons (Fsp3) is 0.240. The zero-order valence-corrected chi connectivity index (χ0v) is 72.8. The number of cyclic esters (lactones) is 4. The van der Waals surface area contributed by atoms with Crippen molar-refractivity contribution in [2.24, 2.45) is 5.92 Å². The molecule has 0 spiro atoms. The number of alkyl halides is 9. The predicted molar refractivity (Wildman–Crippen MR) is 474 cm³/mol. The van der Waals surface area contributed by atoms with Crippen LogP contribution in [0.2, 0.25) is 5.02 Å². The number of phenols is 8. The number of halogens is 10. The summed E-state index contributed by atoms with van der Waals surface area (Å²) in [4.78, 5) is 104. The lowest BCUT2D eigenvalue weighted by atomic mass is 9.88. The standard InChI is InChI=1S/C25H20ClF3O6.2C25H21F3O6.C25H29NO6/c26-22-17-13-16(34-24(33)25(27,28)29)11-7-2-1-3-8-12-20(15-9-5-4-6-10-15)35-23(32)21(17)18(30)14-19(22)31;2*26-25(27,28)24(32)33-19-11-7-2-1-3-8-12-21(16-9-5-4-6-10-16)34-23(31)22-17(14-19)13-18(29)15-20(22)30;1-26(31-2)23(29)14-17-9-5-3-8-12-22(18-10-6-4-7-11-18)32-25(30)24-19(13-17)15-20(27)16-21(24)28/h3-11,13-14,20,30-31H,1-2,12H2;2*3-11,13-15,21,29-30H,1-2,12H2;3-4,6-8,10-11,15-17,22,27-28H,5,9,12-14H2,1-2H3/b8-3+,11-7+,16-13-;2*8-3+,11-7+,19-14-;8-3+/t20-;2*21-;17?,22-/m1101/s1. The molecule has 4 heterocycles. The van der Waals surface area contributed by atoms with Crippen molar-refractivity contribution >= 4 is 77.5 Å². The highest BCUT2D eigenvalue weighted by Gasteiger charge is 2.44. The van der Waals surface area contributed by atoms with Gasteiger partial charge in [0.15, 0.2) is 0 Å². The molecule has 0 radical (unpaired) electrons. The van der Waals surface area contributed by atoms with Crippen molar-refractivity contribution in [1.82, 2.24) is 5.06 Å². The molecule has 135 heavy (non-hydrogen) atoms. The van der Waals surface area contributed by atoms with Crippen molar-refractivity contribution in [3.8, 4) is 46.0 Å². The Kier molecular flexibility index (Phi) is 38.0. The predicted octanol–water partition coefficient (Wildman–Crippen LogP) is 22.2. The number of aromatic hydroxyl groups is 8. The number of carbonyl (C=O) groups excluding carboxylic acids is 8. The van der Waals surface area contributed by atoms with E-state index in [1.807, 2.05) is 72.9 Å². The van der Waals surface area contributed by atoms with E-state index in [0.29, 0.717) is 99.3 Å². The maximum Gasteiger partial charge on any atom is 0.491 e. The van der Waals surface area contributed by atoms with Crippen molar-refractivity contribution in [3.63, 3.8) is 0 Å². The summed E-state index contributed by atoms with van der Waals surface area (Å²) in [6.07, 6.45) is 13.2. The Morgan fingerprint density at radius 1 is 0.385 bits per heavy atom. The van der Waals surface area contributed by atoms with Gasteiger partial charge in [0.25, 0.3) is 0 Å². The van der Waals surface area contributed by atoms with Crippen LogP contribution < -0.4 is 0 Å². The molecule has 0 saturated heterocycles. The van der Waals surface area contributed by atoms with Gasteiger partial charge in [0, 0.05) is 80.1 Å². The van der Waals surface area contributed by atoms with Gasteiger partial charge in [-0.15, -0.1) is 0 Å². The molecule has 12 rings (SSSR count). The molecule has 0 saturated carbocycles. The topological polar surface area (TPSA) is 375 Å². The summed E-state index contributed by atoms with van der Waals surface area (Å²) in [6, 6.07) is 43.2. The summed E-state index contributed by atoms with van der Waals surface area (Å²) in [7, 11) is 2.97. The minimum Gasteiger partial charge on any atom is -0.508 e. The van der Waals surface area contributed by atoms with Gasteiger partial charge in [0.05, 0.1) is 12.1 Å². The fourth-order valence-corrected chi connectivity index (χ4v) is 13.8. The smallest absolute Gasteiger partial charge is 0.491 e. The zero-order valence-electron chi connectivity index (χ0n) is 72.0. The van der Waals surface area contributed by atoms with Crippen molar-refractivity contribution in [2.75, 3.05) is 14.2 Å². The number of nitrogens with zero attached hydrogens (tertiary/aromatic N) is 1. The highest BCUT2D eigenvalue weighted by Crippen LogP contribution is 2.43. The second kappa shape index (κ2) is 49.4. The number of hydrogen-bond acceptors (Lipinski definition) is 24. The summed E-state index contributed by atoms with van der Waals surface area (Å²) in [5, 5.41) is 82.2. The molecule has 8 aromatic rings. The summed E-state index contributed by atoms with van der Waals surface area (Å²) in [5.74, 6) is -17.2. The lowest BCUT2D eigenvalue weighted by molar-refractivity contribution is -0.194. The Labute approximate surface area is 772 Å². The van der Waals surface area contributed by atoms with Gasteiger partial charge in [-0.2, -0.15) is 39.5 Å². The molecule has 8 N–H and O–H groups in total. The van der Waals surface area contributed by atoms with Crippen LogP contribution in [0.1, 0.15) is 194 Å². The van der Waals surface area contributed by atoms with Crippen LogP contribution in [0.4, 0.5) is 39.5 Å². The number of hydrogen-bond donors (Lipinski definition) is 8. The number of esters is 7. The third kappa shape index (κ3) is 31.6. The molecule has 1 amide bonds. The van der Waals surface area contributed by atoms with Crippen molar-refractivity contribution in [2.45, 2.75) is 133 Å². The lowest BCUT2D eigenvalue weighted by Gasteiger charge is -2.23. The molecular formula is C100H91ClF9NO24. The number of fused-ring (bicyclic) bond motifs is 4. The SMILES string of the molecule is CON(C)C(=O)CC1CC/C=C/C[C@H](c2ccccc2)OC(=O)c2c(O)cc(O)cc2C1.O=C1O[C@@H](c2ccccc2)C/C=C/CC/C=C/C(OC(=O)C(F)(F)F)=C/c2c(Cl)c(O)cc(O)c21.O=C1O[C@@H](c2ccccc2)C/C=C/CC/C=C/C(OC(=O)C(F)(F)F)=C/c2cc(O)cc(O)c21.O=C1O[C@H](c2ccccc2)C/C=C/CC/C=C/C(OC(=O)C(F)(F)F)=C/c2cc(O)cc(O)c21. The number of hydroxylamine groups is 2. The molecule has 35 heteroatoms. The molecule has 710 valence electrons. The van der Waals surface area contributed by atoms with Gasteiger partial charge in [-0.25, -0.2) is 38.6 Å². The van der Waals surface area contributed by atoms with E-state index in [2.05, 4.69) is 14.2 Å². The Bertz CT molecular complexity index is 5670. The molecule has 8 aromatic carbocycles. The number of amides is 1. The monoisotopic (exact) mass is 1900 g/mol. The van der Waals surface area contributed by atoms with E-state index < -0.39 is 158 Å². The zero-order chi connectivity index (χ0) is 98.1. The van der Waals surface area contributed by atoms with Crippen LogP contribution in [0.5, 0.6) is 46.0 Å². The average Bonchev–Trinajstić information content (AvgIpc) is 0.783. The molecule has 0 fully saturated rings. The van der Waals surface area contributed by atoms with Crippen LogP contribution in [0, 0.1) is 5.92 Å². The van der Waals surface area contributed by atoms with E-state index >= 15 is 0 Å². The van der Waals surface area contributed by atoms with E-state index in [1.54, 1.807) is 104 Å². The maximum atomic E-state index is 13.1. The second-order valence-corrected chi connectivity index (χ2v) is 30.5. The van der Waals surface area contributed by atoms with Crippen molar-refractivity contribution in [1.29, 1.82) is 0 Å². The first kappa shape index (κ1) is 104. The molecule has 4 aliphatic rings. The van der Waals surface area contributed by atoms with E-state index in [9.17, 15) is 119 Å². The van der Waals surface area contributed by atoms with Crippen LogP contribution in [0.25, 0.3) is 18.2 Å². The number of rotatable bonds is 10. The van der Waals surface area contributed by atoms with E-state index in [0.717, 1.165) is 84.8 Å². The largest absolute Gasteiger partial charge is 0.508 e. The Morgan fingerprint density at radius 2 is 0.689 bits per heavy atom. The van der Waals surface area contributed by atoms with Gasteiger partial charge >= 0.3 is 60.3 Å². The Hall–Kier alpha value is -15.1. The third-order valence-corrected chi connectivity index (χ3v) is 20.6. The number of phenolic OH excluding ortho intramolecular Hbond substituents is 8. The van der Waals surface area contributed by atoms with Crippen LogP contribution in [0.15, 0.2) is 266 Å². The van der Waals surface area contributed by atoms with Crippen LogP contribution in [-0.2, 0) is 63.6 Å². The highest BCUT2D eigenvalue weighted by atomic mass is 35.5. The quantitative estimate of drug-likeness (QED) is 0.0207. The van der Waals surface area contributed by atoms with Crippen LogP contribution >= 0.6 is 11.6 Å². The van der Waals surface area contributed by atoms with Gasteiger partial charge < -0.3 is 74.0 Å². The average molecular weight is 1900 g/mol. The number of ether oxygens (including phenoxy) is 7. The first-order valence-electron chi connectivity index (χ1n) is 41.6. The molecular weight excluding hydrogens is 1810 g/mol. The highest BCUT2D eigenvalue weighted by molar-refractivity contribution is 6.34. The van der Waals surface area contributed by atoms with Gasteiger partial charge in [-0.3, -0.25) is 9.63 Å². The maximum absolute atomic E-state index is 13.1. The molecule has 4 aliphatic heterocycles.